The molecule has 2 rings (SSSR count). The Balaban J connectivity index is 2.31. The van der Waals surface area contributed by atoms with E-state index in [4.69, 9.17) is 16.7 Å². The second-order valence-corrected chi connectivity index (χ2v) is 5.98. The lowest BCUT2D eigenvalue weighted by Gasteiger charge is -2.07. The first-order valence-corrected chi connectivity index (χ1v) is 7.44. The van der Waals surface area contributed by atoms with Crippen LogP contribution in [-0.2, 0) is 16.6 Å². The predicted octanol–water partition coefficient (Wildman–Crippen LogP) is 3.62. The van der Waals surface area contributed by atoms with E-state index >= 15 is 0 Å². The van der Waals surface area contributed by atoms with E-state index in [0.717, 1.165) is 12.1 Å². The second kappa shape index (κ2) is 6.32. The molecule has 0 aromatic heterocycles. The number of carboxylic acids is 1. The largest absolute Gasteiger partial charge is 0.478 e. The lowest BCUT2D eigenvalue weighted by atomic mass is 10.2. The molecule has 2 aromatic carbocycles. The van der Waals surface area contributed by atoms with Gasteiger partial charge in [0.15, 0.2) is 0 Å². The third-order valence-electron chi connectivity index (χ3n) is 2.75. The van der Waals surface area contributed by atoms with E-state index in [0.29, 0.717) is 5.56 Å². The Labute approximate surface area is 126 Å². The molecule has 1 atom stereocenters. The molecule has 0 saturated carbocycles. The third-order valence-corrected chi connectivity index (χ3v) is 4.53. The van der Waals surface area contributed by atoms with Crippen molar-refractivity contribution in [3.05, 3.63) is 64.2 Å². The van der Waals surface area contributed by atoms with Gasteiger partial charge in [0.2, 0.25) is 0 Å². The van der Waals surface area contributed by atoms with E-state index in [-0.39, 0.29) is 15.7 Å². The highest BCUT2D eigenvalue weighted by Gasteiger charge is 2.15. The Morgan fingerprint density at radius 3 is 2.57 bits per heavy atom. The minimum absolute atomic E-state index is 0.0959. The molecule has 0 amide bonds. The van der Waals surface area contributed by atoms with Crippen LogP contribution in [0.15, 0.2) is 41.3 Å². The van der Waals surface area contributed by atoms with Gasteiger partial charge in [0.1, 0.15) is 11.6 Å². The Morgan fingerprint density at radius 2 is 1.90 bits per heavy atom. The minimum atomic E-state index is -1.67. The Morgan fingerprint density at radius 1 is 1.19 bits per heavy atom. The summed E-state index contributed by atoms with van der Waals surface area (Å²) in [5.41, 5.74) is -0.234. The summed E-state index contributed by atoms with van der Waals surface area (Å²) in [6, 6.07) is 7.29. The van der Waals surface area contributed by atoms with Crippen LogP contribution in [0, 0.1) is 11.6 Å². The molecule has 0 aliphatic rings. The molecule has 0 fully saturated rings. The van der Waals surface area contributed by atoms with Crippen molar-refractivity contribution < 1.29 is 22.9 Å². The van der Waals surface area contributed by atoms with Gasteiger partial charge in [-0.15, -0.1) is 0 Å². The van der Waals surface area contributed by atoms with Crippen molar-refractivity contribution in [1.82, 2.24) is 0 Å². The molecule has 3 nitrogen and oxygen atoms in total. The minimum Gasteiger partial charge on any atom is -0.478 e. The molecule has 7 heteroatoms. The van der Waals surface area contributed by atoms with E-state index in [9.17, 15) is 17.8 Å². The van der Waals surface area contributed by atoms with Crippen molar-refractivity contribution in [3.63, 3.8) is 0 Å². The highest BCUT2D eigenvalue weighted by Crippen LogP contribution is 2.23. The maximum absolute atomic E-state index is 13.3. The number of benzene rings is 2. The lowest BCUT2D eigenvalue weighted by Crippen LogP contribution is -2.04. The molecule has 0 radical (unpaired) electrons. The van der Waals surface area contributed by atoms with Gasteiger partial charge in [-0.25, -0.2) is 13.6 Å². The Hall–Kier alpha value is -1.79. The van der Waals surface area contributed by atoms with Gasteiger partial charge in [-0.2, -0.15) is 0 Å². The van der Waals surface area contributed by atoms with Gasteiger partial charge in [0.25, 0.3) is 0 Å². The van der Waals surface area contributed by atoms with Crippen LogP contribution in [0.4, 0.5) is 8.78 Å². The highest BCUT2D eigenvalue weighted by molar-refractivity contribution is 7.84. The molecule has 0 saturated heterocycles. The van der Waals surface area contributed by atoms with Gasteiger partial charge in [0.05, 0.1) is 27.1 Å². The zero-order valence-electron chi connectivity index (χ0n) is 10.5. The van der Waals surface area contributed by atoms with Crippen molar-refractivity contribution in [1.29, 1.82) is 0 Å². The fourth-order valence-corrected chi connectivity index (χ4v) is 3.13. The number of carboxylic acid groups (broad SMARTS) is 1. The van der Waals surface area contributed by atoms with E-state index in [1.54, 1.807) is 0 Å². The zero-order valence-corrected chi connectivity index (χ0v) is 12.0. The van der Waals surface area contributed by atoms with Gasteiger partial charge in [-0.05, 0) is 29.8 Å². The number of halogens is 3. The van der Waals surface area contributed by atoms with Crippen LogP contribution in [0.1, 0.15) is 15.9 Å². The summed E-state index contributed by atoms with van der Waals surface area (Å²) in [4.78, 5) is 11.0. The molecule has 0 spiro atoms. The average Bonchev–Trinajstić information content (AvgIpc) is 2.44. The van der Waals surface area contributed by atoms with Gasteiger partial charge >= 0.3 is 5.97 Å². The molecule has 0 aliphatic heterocycles. The highest BCUT2D eigenvalue weighted by atomic mass is 35.5. The number of aromatic carboxylic acids is 1. The van der Waals surface area contributed by atoms with Crippen LogP contribution in [-0.4, -0.2) is 15.3 Å². The number of hydrogen-bond donors (Lipinski definition) is 1. The quantitative estimate of drug-likeness (QED) is 0.931. The third kappa shape index (κ3) is 3.46. The van der Waals surface area contributed by atoms with Gasteiger partial charge in [0, 0.05) is 4.90 Å². The van der Waals surface area contributed by atoms with Crippen molar-refractivity contribution in [3.8, 4) is 0 Å². The van der Waals surface area contributed by atoms with Gasteiger partial charge in [-0.1, -0.05) is 23.7 Å². The molecule has 2 aromatic rings. The first-order valence-electron chi connectivity index (χ1n) is 5.74. The van der Waals surface area contributed by atoms with E-state index in [2.05, 4.69) is 0 Å². The van der Waals surface area contributed by atoms with E-state index in [1.807, 2.05) is 0 Å². The standard InChI is InChI=1S/C14H9ClF2O3S/c15-13-8(2-1-3-12(13)17)7-21(20)9-4-5-11(16)10(6-9)14(18)19/h1-6H,7H2,(H,18,19). The summed E-state index contributed by atoms with van der Waals surface area (Å²) >= 11 is 5.77. The SMILES string of the molecule is O=C(O)c1cc(S(=O)Cc2cccc(F)c2Cl)ccc1F. The molecule has 1 N–H and O–H groups in total. The summed E-state index contributed by atoms with van der Waals surface area (Å²) in [6.45, 7) is 0. The Bertz CT molecular complexity index is 734. The molecule has 110 valence electrons. The second-order valence-electron chi connectivity index (χ2n) is 4.15. The van der Waals surface area contributed by atoms with E-state index in [1.165, 1.54) is 24.3 Å². The molecule has 1 unspecified atom stereocenters. The van der Waals surface area contributed by atoms with Crippen molar-refractivity contribution in [2.24, 2.45) is 0 Å². The number of carbonyl (C=O) groups is 1. The first kappa shape index (κ1) is 15.6. The molecule has 0 aliphatic carbocycles. The molecular weight excluding hydrogens is 322 g/mol. The molecule has 21 heavy (non-hydrogen) atoms. The van der Waals surface area contributed by atoms with Crippen LogP contribution in [0.2, 0.25) is 5.02 Å². The fourth-order valence-electron chi connectivity index (χ4n) is 1.69. The fraction of sp³-hybridized carbons (Fsp3) is 0.0714. The smallest absolute Gasteiger partial charge is 0.338 e. The number of hydrogen-bond acceptors (Lipinski definition) is 2. The first-order chi connectivity index (χ1) is 9.90. The lowest BCUT2D eigenvalue weighted by molar-refractivity contribution is 0.0691. The van der Waals surface area contributed by atoms with Crippen LogP contribution < -0.4 is 0 Å². The summed E-state index contributed by atoms with van der Waals surface area (Å²) in [6.07, 6.45) is 0. The maximum Gasteiger partial charge on any atom is 0.338 e. The van der Waals surface area contributed by atoms with Crippen LogP contribution in [0.3, 0.4) is 0 Å². The molecular formula is C14H9ClF2O3S. The number of rotatable bonds is 4. The van der Waals surface area contributed by atoms with Crippen molar-refractivity contribution >= 4 is 28.4 Å². The van der Waals surface area contributed by atoms with Crippen molar-refractivity contribution in [2.45, 2.75) is 10.6 Å². The Kier molecular flexibility index (Phi) is 4.69. The predicted molar refractivity (Wildman–Crippen MR) is 74.9 cm³/mol. The van der Waals surface area contributed by atoms with Crippen LogP contribution in [0.5, 0.6) is 0 Å². The maximum atomic E-state index is 13.3. The molecule has 0 heterocycles. The average molecular weight is 331 g/mol. The normalized spacial score (nSPS) is 12.1. The molecule has 0 bridgehead atoms. The topological polar surface area (TPSA) is 54.4 Å². The van der Waals surface area contributed by atoms with E-state index < -0.39 is 34.0 Å². The monoisotopic (exact) mass is 330 g/mol. The summed E-state index contributed by atoms with van der Waals surface area (Å²) < 4.78 is 38.8. The summed E-state index contributed by atoms with van der Waals surface area (Å²) in [7, 11) is -1.67. The summed E-state index contributed by atoms with van der Waals surface area (Å²) in [5.74, 6) is -3.08. The van der Waals surface area contributed by atoms with Gasteiger partial charge < -0.3 is 5.11 Å². The van der Waals surface area contributed by atoms with Gasteiger partial charge in [-0.3, -0.25) is 4.21 Å². The zero-order chi connectivity index (χ0) is 15.6. The van der Waals surface area contributed by atoms with Crippen molar-refractivity contribution in [2.75, 3.05) is 0 Å². The summed E-state index contributed by atoms with van der Waals surface area (Å²) in [5, 5.41) is 8.70. The van der Waals surface area contributed by atoms with Crippen LogP contribution >= 0.6 is 11.6 Å². The van der Waals surface area contributed by atoms with Crippen LogP contribution in [0.25, 0.3) is 0 Å².